The second kappa shape index (κ2) is 19.0. The summed E-state index contributed by atoms with van der Waals surface area (Å²) in [6.07, 6.45) is 9.57. The number of carbonyl (C=O) groups is 2. The van der Waals surface area contributed by atoms with Gasteiger partial charge in [0, 0.05) is 115 Å². The van der Waals surface area contributed by atoms with Crippen molar-refractivity contribution in [3.05, 3.63) is 101 Å². The van der Waals surface area contributed by atoms with E-state index < -0.39 is 6.43 Å². The van der Waals surface area contributed by atoms with Gasteiger partial charge in [-0.3, -0.25) is 19.0 Å². The summed E-state index contributed by atoms with van der Waals surface area (Å²) in [7, 11) is 3.33. The fraction of sp³-hybridized carbons (Fsp3) is 0.518. The molecule has 0 bridgehead atoms. The lowest BCUT2D eigenvalue weighted by molar-refractivity contribution is -0.164. The molecule has 2 saturated carbocycles. The van der Waals surface area contributed by atoms with E-state index in [0.717, 1.165) is 99.2 Å². The molecular weight excluding hydrogens is 901 g/mol. The number of amides is 2. The summed E-state index contributed by atoms with van der Waals surface area (Å²) < 4.78 is 45.4. The predicted molar refractivity (Wildman–Crippen MR) is 269 cm³/mol. The Balaban J connectivity index is 0.765. The Morgan fingerprint density at radius 2 is 1.62 bits per heavy atom. The Morgan fingerprint density at radius 3 is 2.27 bits per heavy atom. The van der Waals surface area contributed by atoms with Crippen LogP contribution in [0.3, 0.4) is 0 Å². The maximum absolute atomic E-state index is 14.8. The molecule has 71 heavy (non-hydrogen) atoms. The van der Waals surface area contributed by atoms with Gasteiger partial charge in [-0.2, -0.15) is 15.5 Å². The van der Waals surface area contributed by atoms with Crippen LogP contribution in [-0.4, -0.2) is 81.7 Å². The number of halogens is 2. The van der Waals surface area contributed by atoms with Gasteiger partial charge in [0.05, 0.1) is 31.5 Å². The molecule has 2 aliphatic carbocycles. The molecule has 10 rings (SSSR count). The van der Waals surface area contributed by atoms with Crippen LogP contribution in [0.4, 0.5) is 26.0 Å². The molecule has 1 saturated heterocycles. The minimum absolute atomic E-state index is 0.00605. The van der Waals surface area contributed by atoms with Crippen LogP contribution in [0.15, 0.2) is 67.0 Å². The lowest BCUT2D eigenvalue weighted by Gasteiger charge is -2.63. The first kappa shape index (κ1) is 48.2. The number of piperidine rings is 1. The minimum Gasteiger partial charge on any atom is -0.495 e. The first-order chi connectivity index (χ1) is 34.0. The van der Waals surface area contributed by atoms with Gasteiger partial charge in [0.2, 0.25) is 5.91 Å². The van der Waals surface area contributed by atoms with Crippen molar-refractivity contribution in [1.29, 1.82) is 5.26 Å². The fourth-order valence-electron chi connectivity index (χ4n) is 13.3. The van der Waals surface area contributed by atoms with Gasteiger partial charge >= 0.3 is 0 Å². The smallest absolute Gasteiger partial charge is 0.264 e. The molecular formula is C56H67F2N9O4. The highest BCUT2D eigenvalue weighted by atomic mass is 19.3. The van der Waals surface area contributed by atoms with Crippen LogP contribution >= 0.6 is 0 Å². The van der Waals surface area contributed by atoms with Gasteiger partial charge in [0.25, 0.3) is 12.3 Å². The van der Waals surface area contributed by atoms with Gasteiger partial charge in [-0.15, -0.1) is 0 Å². The number of rotatable bonds is 11. The number of hydrogen-bond acceptors (Lipinski definition) is 9. The zero-order valence-corrected chi connectivity index (χ0v) is 42.2. The van der Waals surface area contributed by atoms with Gasteiger partial charge < -0.3 is 29.5 Å². The maximum atomic E-state index is 14.8. The zero-order valence-electron chi connectivity index (χ0n) is 42.2. The van der Waals surface area contributed by atoms with Gasteiger partial charge in [-0.25, -0.2) is 8.78 Å². The van der Waals surface area contributed by atoms with E-state index in [1.807, 2.05) is 23.1 Å². The third-order valence-corrected chi connectivity index (χ3v) is 16.8. The number of fused-ring (bicyclic) bond motifs is 2. The standard InChI is InChI=1S/C56H67F2N9O4/c1-34(68)65-26-22-47-46(33-65)51(66-23-8-9-38-27-44(40-31-60-63(6)32-40)45(50(57)58)29-48(38)66)62-67(47)42-17-10-35(11-18-42)36-20-24-64(25-21-36)41-15-12-37(13-16-41)52(69)61-53-55(2,3)54(56(53,4)5)71-43-19-14-39(30-59)49(28-43)70-7/h12-16,19,27-29,31-32,35-36,42,50,53-54H,8-11,17-18,20-26,33H2,1-7H3,(H,61,69). The van der Waals surface area contributed by atoms with Crippen molar-refractivity contribution in [3.8, 4) is 28.7 Å². The summed E-state index contributed by atoms with van der Waals surface area (Å²) in [5.41, 5.74) is 6.74. The van der Waals surface area contributed by atoms with E-state index in [1.54, 1.807) is 55.3 Å². The summed E-state index contributed by atoms with van der Waals surface area (Å²) in [6, 6.07) is 19.1. The lowest BCUT2D eigenvalue weighted by Crippen LogP contribution is -2.74. The van der Waals surface area contributed by atoms with Crippen molar-refractivity contribution in [2.24, 2.45) is 29.7 Å². The molecule has 1 N–H and O–H groups in total. The first-order valence-corrected chi connectivity index (χ1v) is 25.5. The molecule has 3 aliphatic heterocycles. The van der Waals surface area contributed by atoms with E-state index >= 15 is 0 Å². The van der Waals surface area contributed by atoms with Crippen LogP contribution in [0, 0.1) is 34.0 Å². The van der Waals surface area contributed by atoms with Gasteiger partial charge in [0.15, 0.2) is 5.82 Å². The third kappa shape index (κ3) is 8.90. The van der Waals surface area contributed by atoms with Crippen molar-refractivity contribution in [3.63, 3.8) is 0 Å². The first-order valence-electron chi connectivity index (χ1n) is 25.5. The molecule has 3 aromatic carbocycles. The van der Waals surface area contributed by atoms with Crippen LogP contribution < -0.4 is 24.6 Å². The molecule has 3 fully saturated rings. The monoisotopic (exact) mass is 968 g/mol. The third-order valence-electron chi connectivity index (χ3n) is 16.8. The second-order valence-corrected chi connectivity index (χ2v) is 21.9. The van der Waals surface area contributed by atoms with Crippen molar-refractivity contribution in [1.82, 2.24) is 29.8 Å². The van der Waals surface area contributed by atoms with E-state index in [4.69, 9.17) is 14.6 Å². The summed E-state index contributed by atoms with van der Waals surface area (Å²) in [5.74, 6) is 3.12. The number of methoxy groups -OCH3 is 1. The van der Waals surface area contributed by atoms with Crippen LogP contribution in [0.2, 0.25) is 0 Å². The number of aromatic nitrogens is 4. The summed E-state index contributed by atoms with van der Waals surface area (Å²) in [4.78, 5) is 32.9. The SMILES string of the molecule is COc1cc(OC2C(C)(C)C(NC(=O)c3ccc(N4CCC(C5CCC(n6nc(N7CCCc8cc(-c9cnn(C)c9)c(C(F)F)cc87)c7c6CCN(C(C)=O)C7)CC5)CC4)cc3)C2(C)C)ccc1C#N. The molecule has 374 valence electrons. The van der Waals surface area contributed by atoms with Crippen molar-refractivity contribution >= 4 is 29.0 Å². The van der Waals surface area contributed by atoms with Gasteiger partial charge in [-0.05, 0) is 123 Å². The minimum atomic E-state index is -2.65. The number of carbonyl (C=O) groups excluding carboxylic acids is 2. The summed E-state index contributed by atoms with van der Waals surface area (Å²) in [6.45, 7) is 13.8. The zero-order chi connectivity index (χ0) is 49.9. The highest BCUT2D eigenvalue weighted by Crippen LogP contribution is 2.56. The Hall–Kier alpha value is -6.43. The van der Waals surface area contributed by atoms with Crippen LogP contribution in [0.5, 0.6) is 11.5 Å². The highest BCUT2D eigenvalue weighted by Gasteiger charge is 2.64. The molecule has 2 amide bonds. The molecule has 0 radical (unpaired) electrons. The Morgan fingerprint density at radius 1 is 0.901 bits per heavy atom. The number of aryl methyl sites for hydroxylation is 2. The van der Waals surface area contributed by atoms with E-state index in [0.29, 0.717) is 65.2 Å². The average molecular weight is 968 g/mol. The van der Waals surface area contributed by atoms with E-state index in [2.05, 4.69) is 70.8 Å². The molecule has 15 heteroatoms. The molecule has 13 nitrogen and oxygen atoms in total. The number of hydrogen-bond donors (Lipinski definition) is 1. The fourth-order valence-corrected chi connectivity index (χ4v) is 13.3. The predicted octanol–water partition coefficient (Wildman–Crippen LogP) is 10.4. The molecule has 5 aromatic rings. The van der Waals surface area contributed by atoms with Crippen LogP contribution in [-0.2, 0) is 31.2 Å². The number of nitriles is 1. The second-order valence-electron chi connectivity index (χ2n) is 21.9. The van der Waals surface area contributed by atoms with E-state index in [9.17, 15) is 23.6 Å². The Labute approximate surface area is 416 Å². The number of nitrogens with one attached hydrogen (secondary N) is 1. The largest absolute Gasteiger partial charge is 0.495 e. The highest BCUT2D eigenvalue weighted by molar-refractivity contribution is 5.95. The molecule has 0 unspecified atom stereocenters. The van der Waals surface area contributed by atoms with Crippen molar-refractivity contribution in [2.75, 3.05) is 43.1 Å². The number of ether oxygens (including phenoxy) is 2. The molecule has 5 heterocycles. The Bertz CT molecular complexity index is 2830. The van der Waals surface area contributed by atoms with Crippen molar-refractivity contribution in [2.45, 2.75) is 124 Å². The quantitative estimate of drug-likeness (QED) is 0.137. The van der Waals surface area contributed by atoms with Crippen LogP contribution in [0.25, 0.3) is 11.1 Å². The van der Waals surface area contributed by atoms with Gasteiger partial charge in [0.1, 0.15) is 23.7 Å². The topological polar surface area (TPSA) is 134 Å². The molecule has 5 aliphatic rings. The number of anilines is 3. The number of alkyl halides is 2. The average Bonchev–Trinajstić information content (AvgIpc) is 3.99. The molecule has 2 aromatic heterocycles. The normalized spacial score (nSPS) is 22.8. The summed E-state index contributed by atoms with van der Waals surface area (Å²) in [5, 5.41) is 22.4. The lowest BCUT2D eigenvalue weighted by atomic mass is 9.49. The molecule has 0 spiro atoms. The van der Waals surface area contributed by atoms with E-state index in [1.165, 1.54) is 12.8 Å². The van der Waals surface area contributed by atoms with Crippen molar-refractivity contribution < 1.29 is 27.8 Å². The number of benzene rings is 3. The summed E-state index contributed by atoms with van der Waals surface area (Å²) >= 11 is 0. The molecule has 0 atom stereocenters. The Kier molecular flexibility index (Phi) is 12.9. The maximum Gasteiger partial charge on any atom is 0.264 e. The van der Waals surface area contributed by atoms with Gasteiger partial charge in [-0.1, -0.05) is 27.7 Å². The van der Waals surface area contributed by atoms with Crippen LogP contribution in [0.1, 0.15) is 130 Å². The van der Waals surface area contributed by atoms with E-state index in [-0.39, 0.29) is 46.4 Å². The number of nitrogens with zero attached hydrogens (tertiary/aromatic N) is 8.